The van der Waals surface area contributed by atoms with Crippen LogP contribution in [0.5, 0.6) is 5.75 Å². The van der Waals surface area contributed by atoms with Crippen molar-refractivity contribution in [1.82, 2.24) is 5.32 Å². The van der Waals surface area contributed by atoms with E-state index in [4.69, 9.17) is 21.1 Å². The number of nitrogens with one attached hydrogen (secondary N) is 1. The lowest BCUT2D eigenvalue weighted by Crippen LogP contribution is -2.33. The number of hydrogen-bond donors (Lipinski definition) is 1. The Hall–Kier alpha value is -1.79. The summed E-state index contributed by atoms with van der Waals surface area (Å²) in [5, 5.41) is 4.28. The Balaban J connectivity index is 0.00000450. The number of rotatable bonds is 12. The molecule has 30 heavy (non-hydrogen) atoms. The van der Waals surface area contributed by atoms with Crippen LogP contribution in [-0.2, 0) is 20.7 Å². The zero-order valence-corrected chi connectivity index (χ0v) is 19.3. The number of methoxy groups -OCH3 is 1. The van der Waals surface area contributed by atoms with Gasteiger partial charge in [0.15, 0.2) is 6.61 Å². The van der Waals surface area contributed by atoms with Crippen molar-refractivity contribution in [3.8, 4) is 5.75 Å². The summed E-state index contributed by atoms with van der Waals surface area (Å²) in [5.74, 6) is 0.250. The molecule has 1 N–H and O–H groups in total. The average Bonchev–Trinajstić information content (AvgIpc) is 2.73. The van der Waals surface area contributed by atoms with Gasteiger partial charge in [0.2, 0.25) is 0 Å². The second kappa shape index (κ2) is 14.3. The van der Waals surface area contributed by atoms with E-state index in [1.54, 1.807) is 0 Å². The molecule has 0 spiro atoms. The predicted octanol–water partition coefficient (Wildman–Crippen LogP) is 5.00. The highest BCUT2D eigenvalue weighted by Crippen LogP contribution is 2.21. The van der Waals surface area contributed by atoms with E-state index in [1.165, 1.54) is 12.7 Å². The lowest BCUT2D eigenvalue weighted by molar-refractivity contribution is -0.142. The monoisotopic (exact) mass is 455 g/mol. The lowest BCUT2D eigenvalue weighted by atomic mass is 10.1. The van der Waals surface area contributed by atoms with Crippen LogP contribution < -0.4 is 10.1 Å². The maximum atomic E-state index is 11.1. The molecule has 7 heteroatoms. The SMILES string of the molecule is CCCOC(CNC(C)Cc1ccc(OCC(=O)OC)cc1)c1cccc(Cl)c1.Cl. The molecule has 2 rings (SSSR count). The Morgan fingerprint density at radius 3 is 2.53 bits per heavy atom. The van der Waals surface area contributed by atoms with Crippen LogP contribution in [-0.4, -0.2) is 38.9 Å². The normalized spacial score (nSPS) is 12.5. The Morgan fingerprint density at radius 2 is 1.90 bits per heavy atom. The van der Waals surface area contributed by atoms with Gasteiger partial charge in [-0.2, -0.15) is 0 Å². The van der Waals surface area contributed by atoms with Gasteiger partial charge in [-0.15, -0.1) is 12.4 Å². The molecule has 0 fully saturated rings. The zero-order chi connectivity index (χ0) is 21.1. The third-order valence-electron chi connectivity index (χ3n) is 4.44. The number of carbonyl (C=O) groups is 1. The van der Waals surface area contributed by atoms with E-state index >= 15 is 0 Å². The van der Waals surface area contributed by atoms with Crippen LogP contribution in [0.2, 0.25) is 5.02 Å². The summed E-state index contributed by atoms with van der Waals surface area (Å²) in [4.78, 5) is 11.1. The predicted molar refractivity (Wildman–Crippen MR) is 123 cm³/mol. The topological polar surface area (TPSA) is 56.8 Å². The molecule has 5 nitrogen and oxygen atoms in total. The van der Waals surface area contributed by atoms with Crippen molar-refractivity contribution in [2.45, 2.75) is 38.8 Å². The molecule has 0 radical (unpaired) electrons. The number of halogens is 2. The summed E-state index contributed by atoms with van der Waals surface area (Å²) in [5.41, 5.74) is 2.27. The third kappa shape index (κ3) is 9.35. The molecular formula is C23H31Cl2NO4. The molecule has 0 aliphatic rings. The van der Waals surface area contributed by atoms with Crippen molar-refractivity contribution in [1.29, 1.82) is 0 Å². The molecule has 0 heterocycles. The summed E-state index contributed by atoms with van der Waals surface area (Å²) in [6, 6.07) is 15.8. The van der Waals surface area contributed by atoms with Crippen molar-refractivity contribution in [3.05, 3.63) is 64.7 Å². The molecule has 0 aliphatic heterocycles. The largest absolute Gasteiger partial charge is 0.482 e. The van der Waals surface area contributed by atoms with Crippen molar-refractivity contribution >= 4 is 30.0 Å². The smallest absolute Gasteiger partial charge is 0.343 e. The van der Waals surface area contributed by atoms with Gasteiger partial charge in [0.25, 0.3) is 0 Å². The molecular weight excluding hydrogens is 425 g/mol. The minimum atomic E-state index is -0.397. The zero-order valence-electron chi connectivity index (χ0n) is 17.7. The Labute approximate surface area is 190 Å². The molecule has 2 aromatic carbocycles. The van der Waals surface area contributed by atoms with Crippen molar-refractivity contribution in [3.63, 3.8) is 0 Å². The van der Waals surface area contributed by atoms with Gasteiger partial charge < -0.3 is 19.5 Å². The first kappa shape index (κ1) is 26.2. The lowest BCUT2D eigenvalue weighted by Gasteiger charge is -2.22. The van der Waals surface area contributed by atoms with Crippen LogP contribution in [0.1, 0.15) is 37.5 Å². The minimum Gasteiger partial charge on any atom is -0.482 e. The first-order chi connectivity index (χ1) is 14.0. The van der Waals surface area contributed by atoms with E-state index in [9.17, 15) is 4.79 Å². The number of esters is 1. The Morgan fingerprint density at radius 1 is 1.17 bits per heavy atom. The fourth-order valence-corrected chi connectivity index (χ4v) is 3.10. The molecule has 0 aromatic heterocycles. The molecule has 0 bridgehead atoms. The number of ether oxygens (including phenoxy) is 3. The summed E-state index contributed by atoms with van der Waals surface area (Å²) >= 11 is 6.14. The van der Waals surface area contributed by atoms with Crippen LogP contribution in [0.3, 0.4) is 0 Å². The minimum absolute atomic E-state index is 0. The fraction of sp³-hybridized carbons (Fsp3) is 0.435. The van der Waals surface area contributed by atoms with E-state index in [-0.39, 0.29) is 31.2 Å². The highest BCUT2D eigenvalue weighted by atomic mass is 35.5. The van der Waals surface area contributed by atoms with E-state index in [0.29, 0.717) is 18.9 Å². The molecule has 2 atom stereocenters. The second-order valence-electron chi connectivity index (χ2n) is 6.94. The van der Waals surface area contributed by atoms with Crippen molar-refractivity contribution in [2.24, 2.45) is 0 Å². The summed E-state index contributed by atoms with van der Waals surface area (Å²) in [7, 11) is 1.34. The van der Waals surface area contributed by atoms with E-state index in [1.807, 2.05) is 48.5 Å². The van der Waals surface area contributed by atoms with Gasteiger partial charge in [0, 0.05) is 24.2 Å². The highest BCUT2D eigenvalue weighted by molar-refractivity contribution is 6.30. The third-order valence-corrected chi connectivity index (χ3v) is 4.68. The Bertz CT molecular complexity index is 755. The van der Waals surface area contributed by atoms with Gasteiger partial charge >= 0.3 is 5.97 Å². The van der Waals surface area contributed by atoms with Gasteiger partial charge in [-0.05, 0) is 55.2 Å². The standard InChI is InChI=1S/C23H30ClNO4.ClH/c1-4-12-28-22(19-6-5-7-20(24)14-19)15-25-17(2)13-18-8-10-21(11-9-18)29-16-23(26)27-3;/h5-11,14,17,22,25H,4,12-13,15-16H2,1-3H3;1H. The quantitative estimate of drug-likeness (QED) is 0.456. The molecule has 0 saturated heterocycles. The summed E-state index contributed by atoms with van der Waals surface area (Å²) in [6.45, 7) is 5.58. The number of hydrogen-bond acceptors (Lipinski definition) is 5. The average molecular weight is 456 g/mol. The van der Waals surface area contributed by atoms with Crippen LogP contribution in [0, 0.1) is 0 Å². The molecule has 0 amide bonds. The van der Waals surface area contributed by atoms with Gasteiger partial charge in [0.1, 0.15) is 5.75 Å². The summed E-state index contributed by atoms with van der Waals surface area (Å²) < 4.78 is 16.0. The highest BCUT2D eigenvalue weighted by Gasteiger charge is 2.14. The van der Waals surface area contributed by atoms with Crippen molar-refractivity contribution in [2.75, 3.05) is 26.9 Å². The molecule has 2 aromatic rings. The fourth-order valence-electron chi connectivity index (χ4n) is 2.90. The maximum absolute atomic E-state index is 11.1. The molecule has 2 unspecified atom stereocenters. The molecule has 0 aliphatic carbocycles. The van der Waals surface area contributed by atoms with Crippen LogP contribution in [0.4, 0.5) is 0 Å². The van der Waals surface area contributed by atoms with Gasteiger partial charge in [-0.1, -0.05) is 42.8 Å². The summed E-state index contributed by atoms with van der Waals surface area (Å²) in [6.07, 6.45) is 1.80. The second-order valence-corrected chi connectivity index (χ2v) is 7.37. The van der Waals surface area contributed by atoms with Crippen LogP contribution in [0.15, 0.2) is 48.5 Å². The van der Waals surface area contributed by atoms with E-state index < -0.39 is 5.97 Å². The van der Waals surface area contributed by atoms with Crippen molar-refractivity contribution < 1.29 is 19.0 Å². The number of benzene rings is 2. The first-order valence-electron chi connectivity index (χ1n) is 9.90. The van der Waals surface area contributed by atoms with Gasteiger partial charge in [-0.3, -0.25) is 0 Å². The van der Waals surface area contributed by atoms with E-state index in [2.05, 4.69) is 23.9 Å². The maximum Gasteiger partial charge on any atom is 0.343 e. The van der Waals surface area contributed by atoms with Crippen LogP contribution >= 0.6 is 24.0 Å². The van der Waals surface area contributed by atoms with E-state index in [0.717, 1.165) is 23.4 Å². The molecule has 0 saturated carbocycles. The first-order valence-corrected chi connectivity index (χ1v) is 10.3. The van der Waals surface area contributed by atoms with Gasteiger partial charge in [-0.25, -0.2) is 4.79 Å². The van der Waals surface area contributed by atoms with Crippen LogP contribution in [0.25, 0.3) is 0 Å². The number of carbonyl (C=O) groups excluding carboxylic acids is 1. The molecule has 166 valence electrons. The Kier molecular flexibility index (Phi) is 12.5. The van der Waals surface area contributed by atoms with Gasteiger partial charge in [0.05, 0.1) is 13.2 Å².